The van der Waals surface area contributed by atoms with Crippen molar-refractivity contribution in [2.75, 3.05) is 0 Å². The van der Waals surface area contributed by atoms with E-state index in [2.05, 4.69) is 165 Å². The van der Waals surface area contributed by atoms with Crippen LogP contribution in [0.5, 0.6) is 0 Å². The molecule has 0 saturated heterocycles. The molecular weight excluding hydrogens is 605 g/mol. The lowest BCUT2D eigenvalue weighted by Gasteiger charge is -2.20. The van der Waals surface area contributed by atoms with Gasteiger partial charge < -0.3 is 0 Å². The number of hydrogen-bond acceptors (Lipinski definition) is 2. The molecule has 0 spiro atoms. The van der Waals surface area contributed by atoms with Gasteiger partial charge in [-0.1, -0.05) is 127 Å². The molecule has 0 saturated carbocycles. The second kappa shape index (κ2) is 11.1. The Hall–Kier alpha value is -6.38. The largest absolute Gasteiger partial charge is 0.251 e. The van der Waals surface area contributed by atoms with Crippen LogP contribution in [0.1, 0.15) is 11.4 Å². The highest BCUT2D eigenvalue weighted by Gasteiger charge is 2.19. The Morgan fingerprint density at radius 2 is 0.820 bits per heavy atom. The number of nitrogens with zero attached hydrogens (tertiary/aromatic N) is 2. The van der Waals surface area contributed by atoms with E-state index in [9.17, 15) is 0 Å². The van der Waals surface area contributed by atoms with Crippen LogP contribution in [-0.4, -0.2) is 9.97 Å². The van der Waals surface area contributed by atoms with E-state index in [1.165, 1.54) is 76.5 Å². The Labute approximate surface area is 290 Å². The first-order chi connectivity index (χ1) is 24.6. The lowest BCUT2D eigenvalue weighted by Crippen LogP contribution is -1.94. The topological polar surface area (TPSA) is 25.8 Å². The average molecular weight is 637 g/mol. The minimum atomic E-state index is 0.950. The first-order valence-corrected chi connectivity index (χ1v) is 17.2. The minimum absolute atomic E-state index is 0.950. The van der Waals surface area contributed by atoms with Crippen molar-refractivity contribution in [3.05, 3.63) is 169 Å². The quantitative estimate of drug-likeness (QED) is 0.142. The van der Waals surface area contributed by atoms with Crippen LogP contribution in [0.15, 0.2) is 158 Å². The van der Waals surface area contributed by atoms with Gasteiger partial charge in [-0.2, -0.15) is 0 Å². The zero-order chi connectivity index (χ0) is 33.3. The highest BCUT2D eigenvalue weighted by molar-refractivity contribution is 6.23. The zero-order valence-electron chi connectivity index (χ0n) is 27.9. The van der Waals surface area contributed by atoms with Gasteiger partial charge in [-0.25, -0.2) is 0 Å². The highest BCUT2D eigenvalue weighted by atomic mass is 14.8. The molecule has 2 nitrogen and oxygen atoms in total. The van der Waals surface area contributed by atoms with Gasteiger partial charge in [-0.05, 0) is 121 Å². The van der Waals surface area contributed by atoms with Crippen LogP contribution < -0.4 is 0 Å². The highest BCUT2D eigenvalue weighted by Crippen LogP contribution is 2.46. The molecule has 234 valence electrons. The molecular formula is C48H32N2. The molecule has 0 aliphatic rings. The molecule has 0 N–H and O–H groups in total. The number of aromatic nitrogens is 2. The number of rotatable bonds is 3. The predicted octanol–water partition coefficient (Wildman–Crippen LogP) is 13.0. The third kappa shape index (κ3) is 4.49. The monoisotopic (exact) mass is 636 g/mol. The first-order valence-electron chi connectivity index (χ1n) is 17.2. The summed E-state index contributed by atoms with van der Waals surface area (Å²) in [6, 6.07) is 57.9. The fraction of sp³-hybridized carbons (Fsp3) is 0.0417. The van der Waals surface area contributed by atoms with Gasteiger partial charge in [0, 0.05) is 22.2 Å². The van der Waals surface area contributed by atoms with Crippen molar-refractivity contribution in [1.82, 2.24) is 9.97 Å². The summed E-state index contributed by atoms with van der Waals surface area (Å²) < 4.78 is 0. The van der Waals surface area contributed by atoms with Gasteiger partial charge in [0.15, 0.2) is 0 Å². The van der Waals surface area contributed by atoms with Crippen LogP contribution in [0.4, 0.5) is 0 Å². The summed E-state index contributed by atoms with van der Waals surface area (Å²) in [5.74, 6) is 0. The molecule has 0 atom stereocenters. The molecule has 2 aromatic heterocycles. The Kier molecular flexibility index (Phi) is 6.34. The number of aryl methyl sites for hydroxylation is 2. The van der Waals surface area contributed by atoms with E-state index < -0.39 is 0 Å². The van der Waals surface area contributed by atoms with Gasteiger partial charge in [0.25, 0.3) is 0 Å². The summed E-state index contributed by atoms with van der Waals surface area (Å²) in [5.41, 5.74) is 11.2. The SMILES string of the molecule is Cc1ccc2ccc3c(-c4ccc5c(-c6ccc7ccccc7c6)c6ccccc6c(-c6ccc7ccccc7c6)c5c4)cc(C)nc3c2n1. The average Bonchev–Trinajstić information content (AvgIpc) is 3.16. The van der Waals surface area contributed by atoms with E-state index in [0.717, 1.165) is 33.2 Å². The molecule has 50 heavy (non-hydrogen) atoms. The molecule has 2 heterocycles. The van der Waals surface area contributed by atoms with Crippen molar-refractivity contribution < 1.29 is 0 Å². The van der Waals surface area contributed by atoms with Crippen LogP contribution in [0, 0.1) is 13.8 Å². The Balaban J connectivity index is 1.33. The van der Waals surface area contributed by atoms with Crippen molar-refractivity contribution >= 4 is 64.9 Å². The summed E-state index contributed by atoms with van der Waals surface area (Å²) in [6.45, 7) is 4.13. The molecule has 0 bridgehead atoms. The Morgan fingerprint density at radius 3 is 1.50 bits per heavy atom. The van der Waals surface area contributed by atoms with Gasteiger partial charge in [-0.15, -0.1) is 0 Å². The summed E-state index contributed by atoms with van der Waals surface area (Å²) in [6.07, 6.45) is 0. The van der Waals surface area contributed by atoms with Gasteiger partial charge in [0.05, 0.1) is 11.0 Å². The third-order valence-electron chi connectivity index (χ3n) is 10.3. The normalized spacial score (nSPS) is 11.8. The van der Waals surface area contributed by atoms with Crippen LogP contribution in [0.3, 0.4) is 0 Å². The van der Waals surface area contributed by atoms with E-state index >= 15 is 0 Å². The second-order valence-electron chi connectivity index (χ2n) is 13.5. The van der Waals surface area contributed by atoms with E-state index in [-0.39, 0.29) is 0 Å². The van der Waals surface area contributed by atoms with Crippen molar-refractivity contribution in [2.24, 2.45) is 0 Å². The van der Waals surface area contributed by atoms with Gasteiger partial charge in [0.2, 0.25) is 0 Å². The van der Waals surface area contributed by atoms with Crippen molar-refractivity contribution in [1.29, 1.82) is 0 Å². The number of hydrogen-bond donors (Lipinski definition) is 0. The van der Waals surface area contributed by atoms with Crippen LogP contribution in [0.25, 0.3) is 98.3 Å². The van der Waals surface area contributed by atoms with Gasteiger partial charge in [0.1, 0.15) is 0 Å². The first kappa shape index (κ1) is 28.6. The maximum absolute atomic E-state index is 5.04. The maximum Gasteiger partial charge on any atom is 0.0974 e. The number of pyridine rings is 2. The molecule has 0 radical (unpaired) electrons. The maximum atomic E-state index is 5.04. The minimum Gasteiger partial charge on any atom is -0.251 e. The molecule has 8 aromatic carbocycles. The predicted molar refractivity (Wildman–Crippen MR) is 213 cm³/mol. The van der Waals surface area contributed by atoms with Crippen molar-refractivity contribution in [3.63, 3.8) is 0 Å². The standard InChI is InChI=1S/C48H32N2/c1-29-15-16-33-21-24-42-43(25-30(2)50-48(42)47(33)49-29)36-22-23-41-44(28-36)46(38-20-18-32-10-4-6-12-35(32)27-38)40-14-8-7-13-39(40)45(41)37-19-17-31-9-3-5-11-34(31)26-37/h3-28H,1-2H3. The molecule has 0 fully saturated rings. The molecule has 10 rings (SSSR count). The molecule has 0 aliphatic heterocycles. The number of fused-ring (bicyclic) bond motifs is 7. The molecule has 0 aliphatic carbocycles. The van der Waals surface area contributed by atoms with Gasteiger partial charge in [-0.3, -0.25) is 9.97 Å². The van der Waals surface area contributed by atoms with Crippen molar-refractivity contribution in [3.8, 4) is 33.4 Å². The van der Waals surface area contributed by atoms with E-state index in [4.69, 9.17) is 9.97 Å². The fourth-order valence-corrected chi connectivity index (χ4v) is 7.99. The lowest BCUT2D eigenvalue weighted by atomic mass is 9.84. The molecule has 0 amide bonds. The van der Waals surface area contributed by atoms with Crippen LogP contribution in [-0.2, 0) is 0 Å². The zero-order valence-corrected chi connectivity index (χ0v) is 27.9. The lowest BCUT2D eigenvalue weighted by molar-refractivity contribution is 1.23. The van der Waals surface area contributed by atoms with Crippen molar-refractivity contribution in [2.45, 2.75) is 13.8 Å². The summed E-state index contributed by atoms with van der Waals surface area (Å²) in [7, 11) is 0. The Bertz CT molecular complexity index is 3010. The van der Waals surface area contributed by atoms with E-state index in [1.54, 1.807) is 0 Å². The molecule has 10 aromatic rings. The van der Waals surface area contributed by atoms with Gasteiger partial charge >= 0.3 is 0 Å². The number of benzene rings is 8. The summed E-state index contributed by atoms with van der Waals surface area (Å²) in [5, 5.41) is 12.2. The smallest absolute Gasteiger partial charge is 0.0974 e. The second-order valence-corrected chi connectivity index (χ2v) is 13.5. The van der Waals surface area contributed by atoms with E-state index in [0.29, 0.717) is 0 Å². The summed E-state index contributed by atoms with van der Waals surface area (Å²) >= 11 is 0. The van der Waals surface area contributed by atoms with E-state index in [1.807, 2.05) is 6.92 Å². The fourth-order valence-electron chi connectivity index (χ4n) is 7.99. The van der Waals surface area contributed by atoms with Crippen LogP contribution in [0.2, 0.25) is 0 Å². The summed E-state index contributed by atoms with van der Waals surface area (Å²) in [4.78, 5) is 9.99. The van der Waals surface area contributed by atoms with Crippen LogP contribution >= 0.6 is 0 Å². The molecule has 2 heteroatoms. The molecule has 0 unspecified atom stereocenters. The Morgan fingerprint density at radius 1 is 0.320 bits per heavy atom. The third-order valence-corrected chi connectivity index (χ3v) is 10.3.